The third-order valence-corrected chi connectivity index (χ3v) is 5.36. The van der Waals surface area contributed by atoms with Crippen molar-refractivity contribution in [2.24, 2.45) is 0 Å². The van der Waals surface area contributed by atoms with Crippen LogP contribution in [0.2, 0.25) is 0 Å². The molecule has 0 fully saturated rings. The summed E-state index contributed by atoms with van der Waals surface area (Å²) < 4.78 is 1.94. The van der Waals surface area contributed by atoms with E-state index < -0.39 is 4.92 Å². The van der Waals surface area contributed by atoms with Gasteiger partial charge in [-0.25, -0.2) is 0 Å². The van der Waals surface area contributed by atoms with Crippen LogP contribution < -0.4 is 5.56 Å². The molecule has 0 saturated heterocycles. The molecule has 3 aromatic rings. The van der Waals surface area contributed by atoms with Crippen molar-refractivity contribution in [3.63, 3.8) is 0 Å². The second-order valence-corrected chi connectivity index (χ2v) is 6.88. The van der Waals surface area contributed by atoms with Crippen LogP contribution in [0.1, 0.15) is 29.7 Å². The van der Waals surface area contributed by atoms with E-state index in [1.54, 1.807) is 12.1 Å². The van der Waals surface area contributed by atoms with Gasteiger partial charge in [0.1, 0.15) is 0 Å². The fourth-order valence-corrected chi connectivity index (χ4v) is 4.02. The molecule has 0 spiro atoms. The van der Waals surface area contributed by atoms with Gasteiger partial charge in [-0.2, -0.15) is 0 Å². The van der Waals surface area contributed by atoms with Gasteiger partial charge in [-0.05, 0) is 31.2 Å². The minimum absolute atomic E-state index is 0.0680. The van der Waals surface area contributed by atoms with Gasteiger partial charge in [0, 0.05) is 29.1 Å². The molecule has 0 bridgehead atoms. The number of aromatic nitrogens is 4. The Morgan fingerprint density at radius 3 is 2.72 bits per heavy atom. The van der Waals surface area contributed by atoms with Crippen LogP contribution in [0.25, 0.3) is 5.78 Å². The van der Waals surface area contributed by atoms with Crippen molar-refractivity contribution >= 4 is 23.2 Å². The molecule has 0 atom stereocenters. The molecule has 0 unspecified atom stereocenters. The lowest BCUT2D eigenvalue weighted by Crippen LogP contribution is -2.22. The zero-order valence-electron chi connectivity index (χ0n) is 13.3. The van der Waals surface area contributed by atoms with E-state index in [0.717, 1.165) is 47.7 Å². The topological polar surface area (TPSA) is 106 Å². The summed E-state index contributed by atoms with van der Waals surface area (Å²) in [7, 11) is 0. The molecule has 4 rings (SSSR count). The Hall–Kier alpha value is -2.68. The molecule has 25 heavy (non-hydrogen) atoms. The highest BCUT2D eigenvalue weighted by Gasteiger charge is 2.20. The van der Waals surface area contributed by atoms with E-state index in [0.29, 0.717) is 11.5 Å². The lowest BCUT2D eigenvalue weighted by Gasteiger charge is -2.16. The molecule has 2 heterocycles. The number of rotatable bonds is 4. The number of hydrogen-bond acceptors (Lipinski definition) is 6. The molecule has 1 aliphatic carbocycles. The summed E-state index contributed by atoms with van der Waals surface area (Å²) in [6.45, 7) is 0. The lowest BCUT2D eigenvalue weighted by molar-refractivity contribution is -0.384. The number of H-pyrrole nitrogens is 1. The van der Waals surface area contributed by atoms with Gasteiger partial charge in [0.25, 0.3) is 11.2 Å². The Balaban J connectivity index is 1.63. The van der Waals surface area contributed by atoms with E-state index in [4.69, 9.17) is 0 Å². The number of non-ortho nitro benzene ring substituents is 1. The number of hydrogen-bond donors (Lipinski definition) is 1. The van der Waals surface area contributed by atoms with Gasteiger partial charge in [0.05, 0.1) is 4.92 Å². The van der Waals surface area contributed by atoms with Gasteiger partial charge in [-0.15, -0.1) is 10.2 Å². The summed E-state index contributed by atoms with van der Waals surface area (Å²) >= 11 is 1.50. The van der Waals surface area contributed by atoms with E-state index in [2.05, 4.69) is 15.2 Å². The van der Waals surface area contributed by atoms with Gasteiger partial charge in [0.15, 0.2) is 5.16 Å². The highest BCUT2D eigenvalue weighted by atomic mass is 32.2. The van der Waals surface area contributed by atoms with Crippen LogP contribution in [0, 0.1) is 10.1 Å². The van der Waals surface area contributed by atoms with Gasteiger partial charge in [-0.3, -0.25) is 24.3 Å². The molecule has 1 aromatic carbocycles. The van der Waals surface area contributed by atoms with Crippen molar-refractivity contribution in [3.05, 3.63) is 61.6 Å². The van der Waals surface area contributed by atoms with Crippen LogP contribution in [0.4, 0.5) is 5.69 Å². The van der Waals surface area contributed by atoms with E-state index in [1.165, 1.54) is 23.9 Å². The standard InChI is InChI=1S/C16H15N5O3S/c22-14-12-3-1-2-4-13(12)20-15(17-14)18-19-16(20)25-9-10-5-7-11(8-6-10)21(23)24/h5-8H,1-4,9H2,(H,17,18,22). The number of nitrogens with one attached hydrogen (secondary N) is 1. The number of aryl methyl sites for hydroxylation is 1. The maximum atomic E-state index is 12.2. The fourth-order valence-electron chi connectivity index (χ4n) is 3.11. The molecule has 9 heteroatoms. The fraction of sp³-hybridized carbons (Fsp3) is 0.312. The predicted molar refractivity (Wildman–Crippen MR) is 92.9 cm³/mol. The Kier molecular flexibility index (Phi) is 4.00. The molecule has 0 aliphatic heterocycles. The third-order valence-electron chi connectivity index (χ3n) is 4.36. The highest BCUT2D eigenvalue weighted by Crippen LogP contribution is 2.26. The molecule has 2 aromatic heterocycles. The third kappa shape index (κ3) is 2.91. The van der Waals surface area contributed by atoms with Crippen LogP contribution in [-0.2, 0) is 18.6 Å². The first-order valence-corrected chi connectivity index (χ1v) is 8.97. The van der Waals surface area contributed by atoms with Crippen LogP contribution >= 0.6 is 11.8 Å². The molecule has 128 valence electrons. The first kappa shape index (κ1) is 15.8. The Morgan fingerprint density at radius 2 is 1.96 bits per heavy atom. The van der Waals surface area contributed by atoms with Gasteiger partial charge in [-0.1, -0.05) is 23.9 Å². The molecule has 1 N–H and O–H groups in total. The van der Waals surface area contributed by atoms with E-state index in [9.17, 15) is 14.9 Å². The molecule has 1 aliphatic rings. The lowest BCUT2D eigenvalue weighted by atomic mass is 9.97. The number of aromatic amines is 1. The van der Waals surface area contributed by atoms with Gasteiger partial charge >= 0.3 is 0 Å². The van der Waals surface area contributed by atoms with Crippen molar-refractivity contribution in [3.8, 4) is 0 Å². The van der Waals surface area contributed by atoms with Crippen molar-refractivity contribution in [1.82, 2.24) is 19.6 Å². The summed E-state index contributed by atoms with van der Waals surface area (Å²) in [4.78, 5) is 25.3. The quantitative estimate of drug-likeness (QED) is 0.437. The first-order chi connectivity index (χ1) is 12.1. The maximum Gasteiger partial charge on any atom is 0.269 e. The zero-order chi connectivity index (χ0) is 17.4. The summed E-state index contributed by atoms with van der Waals surface area (Å²) in [6, 6.07) is 6.48. The number of nitro groups is 1. The second-order valence-electron chi connectivity index (χ2n) is 5.94. The smallest absolute Gasteiger partial charge is 0.269 e. The summed E-state index contributed by atoms with van der Waals surface area (Å²) in [5.41, 5.74) is 2.80. The van der Waals surface area contributed by atoms with Gasteiger partial charge < -0.3 is 0 Å². The monoisotopic (exact) mass is 357 g/mol. The van der Waals surface area contributed by atoms with E-state index in [1.807, 2.05) is 4.40 Å². The van der Waals surface area contributed by atoms with Gasteiger partial charge in [0.2, 0.25) is 5.78 Å². The Labute approximate surface area is 146 Å². The molecule has 0 amide bonds. The molecule has 0 saturated carbocycles. The molecule has 8 nitrogen and oxygen atoms in total. The minimum Gasteiger partial charge on any atom is -0.290 e. The van der Waals surface area contributed by atoms with Crippen LogP contribution in [0.15, 0.2) is 34.2 Å². The largest absolute Gasteiger partial charge is 0.290 e. The maximum absolute atomic E-state index is 12.2. The average Bonchev–Trinajstić information content (AvgIpc) is 3.03. The molecular formula is C16H15N5O3S. The van der Waals surface area contributed by atoms with Crippen LogP contribution in [-0.4, -0.2) is 24.5 Å². The number of thioether (sulfide) groups is 1. The predicted octanol–water partition coefficient (Wildman–Crippen LogP) is 2.50. The number of benzene rings is 1. The second kappa shape index (κ2) is 6.32. The van der Waals surface area contributed by atoms with Crippen LogP contribution in [0.5, 0.6) is 0 Å². The van der Waals surface area contributed by atoms with Crippen molar-refractivity contribution in [1.29, 1.82) is 0 Å². The van der Waals surface area contributed by atoms with Crippen molar-refractivity contribution < 1.29 is 4.92 Å². The highest BCUT2D eigenvalue weighted by molar-refractivity contribution is 7.98. The van der Waals surface area contributed by atoms with Crippen molar-refractivity contribution in [2.45, 2.75) is 36.6 Å². The first-order valence-electron chi connectivity index (χ1n) is 7.99. The van der Waals surface area contributed by atoms with E-state index >= 15 is 0 Å². The number of nitro benzene ring substituents is 1. The van der Waals surface area contributed by atoms with Crippen molar-refractivity contribution in [2.75, 3.05) is 0 Å². The molecular weight excluding hydrogens is 342 g/mol. The molecule has 0 radical (unpaired) electrons. The normalized spacial score (nSPS) is 13.8. The Morgan fingerprint density at radius 1 is 1.20 bits per heavy atom. The number of fused-ring (bicyclic) bond motifs is 3. The summed E-state index contributed by atoms with van der Waals surface area (Å²) in [5, 5.41) is 19.7. The SMILES string of the molecule is O=c1[nH]c2nnc(SCc3ccc([N+](=O)[O-])cc3)n2c2c1CCCC2. The van der Waals surface area contributed by atoms with E-state index in [-0.39, 0.29) is 11.2 Å². The van der Waals surface area contributed by atoms with Crippen LogP contribution in [0.3, 0.4) is 0 Å². The zero-order valence-corrected chi connectivity index (χ0v) is 14.1. The Bertz CT molecular complexity index is 1010. The summed E-state index contributed by atoms with van der Waals surface area (Å²) in [5.74, 6) is 1.09. The average molecular weight is 357 g/mol. The minimum atomic E-state index is -0.411. The number of nitrogens with zero attached hydrogens (tertiary/aromatic N) is 4. The summed E-state index contributed by atoms with van der Waals surface area (Å²) in [6.07, 6.45) is 3.70.